The molecule has 0 atom stereocenters. The normalized spacial score (nSPS) is 10.2. The van der Waals surface area contributed by atoms with Gasteiger partial charge in [-0.25, -0.2) is 13.8 Å². The van der Waals surface area contributed by atoms with E-state index in [0.717, 1.165) is 6.20 Å². The second kappa shape index (κ2) is 4.95. The lowest BCUT2D eigenvalue weighted by Crippen LogP contribution is -2.15. The fraction of sp³-hybridized carbons (Fsp3) is 0.167. The summed E-state index contributed by atoms with van der Waals surface area (Å²) in [5.74, 6) is -0.766. The van der Waals surface area contributed by atoms with Gasteiger partial charge in [-0.3, -0.25) is 0 Å². The van der Waals surface area contributed by atoms with Crippen LogP contribution in [-0.2, 0) is 0 Å². The molecular formula is C12H12F2N4. The Kier molecular flexibility index (Phi) is 3.36. The van der Waals surface area contributed by atoms with Crippen LogP contribution in [0.25, 0.3) is 0 Å². The maximum Gasteiger partial charge on any atom is 0.224 e. The molecule has 1 aromatic heterocycles. The third-order valence-electron chi connectivity index (χ3n) is 2.48. The number of nitrogens with one attached hydrogen (secondary N) is 1. The van der Waals surface area contributed by atoms with E-state index in [2.05, 4.69) is 15.3 Å². The number of halogens is 2. The molecule has 0 amide bonds. The Labute approximate surface area is 103 Å². The fourth-order valence-electron chi connectivity index (χ4n) is 1.55. The molecule has 94 valence electrons. The molecule has 0 aliphatic carbocycles. The highest BCUT2D eigenvalue weighted by Gasteiger charge is 2.15. The Morgan fingerprint density at radius 2 is 1.89 bits per heavy atom. The molecule has 0 aliphatic heterocycles. The number of rotatable bonds is 3. The number of benzene rings is 1. The molecule has 0 bridgehead atoms. The van der Waals surface area contributed by atoms with Crippen LogP contribution in [0.2, 0.25) is 0 Å². The Morgan fingerprint density at radius 1 is 1.17 bits per heavy atom. The predicted molar refractivity (Wildman–Crippen MR) is 66.0 cm³/mol. The van der Waals surface area contributed by atoms with Crippen LogP contribution >= 0.6 is 0 Å². The highest BCUT2D eigenvalue weighted by molar-refractivity contribution is 5.60. The molecule has 1 heterocycles. The lowest BCUT2D eigenvalue weighted by molar-refractivity contribution is 0.607. The molecule has 0 aliphatic rings. The van der Waals surface area contributed by atoms with Crippen molar-refractivity contribution in [1.82, 2.24) is 9.97 Å². The van der Waals surface area contributed by atoms with Gasteiger partial charge in [0, 0.05) is 14.1 Å². The molecule has 6 heteroatoms. The van der Waals surface area contributed by atoms with Crippen LogP contribution < -0.4 is 10.2 Å². The van der Waals surface area contributed by atoms with E-state index >= 15 is 0 Å². The zero-order chi connectivity index (χ0) is 13.1. The lowest BCUT2D eigenvalue weighted by Gasteiger charge is -2.19. The van der Waals surface area contributed by atoms with Gasteiger partial charge >= 0.3 is 0 Å². The summed E-state index contributed by atoms with van der Waals surface area (Å²) in [6.07, 6.45) is 1.05. The monoisotopic (exact) mass is 250 g/mol. The van der Waals surface area contributed by atoms with Gasteiger partial charge in [0.2, 0.25) is 5.95 Å². The number of para-hydroxylation sites is 1. The standard InChI is InChI=1S/C12H12F2N4/c1-15-12-16-7-9(14)11(17-12)18(2)10-6-4-3-5-8(10)13/h3-7H,1-2H3,(H,15,16,17). The minimum absolute atomic E-state index is 0.0134. The van der Waals surface area contributed by atoms with Crippen molar-refractivity contribution in [1.29, 1.82) is 0 Å². The highest BCUT2D eigenvalue weighted by Crippen LogP contribution is 2.26. The Hall–Kier alpha value is -2.24. The van der Waals surface area contributed by atoms with Crippen LogP contribution in [-0.4, -0.2) is 24.1 Å². The average molecular weight is 250 g/mol. The second-order valence-electron chi connectivity index (χ2n) is 3.63. The molecular weight excluding hydrogens is 238 g/mol. The van der Waals surface area contributed by atoms with Crippen molar-refractivity contribution in [3.05, 3.63) is 42.1 Å². The van der Waals surface area contributed by atoms with Gasteiger partial charge in [-0.1, -0.05) is 12.1 Å². The molecule has 0 unspecified atom stereocenters. The first-order valence-electron chi connectivity index (χ1n) is 5.32. The molecule has 0 radical (unpaired) electrons. The highest BCUT2D eigenvalue weighted by atomic mass is 19.1. The van der Waals surface area contributed by atoms with Gasteiger partial charge in [0.1, 0.15) is 5.82 Å². The third-order valence-corrected chi connectivity index (χ3v) is 2.48. The van der Waals surface area contributed by atoms with Crippen molar-refractivity contribution in [2.45, 2.75) is 0 Å². The first-order valence-corrected chi connectivity index (χ1v) is 5.32. The minimum Gasteiger partial charge on any atom is -0.357 e. The van der Waals surface area contributed by atoms with Gasteiger partial charge in [-0.15, -0.1) is 0 Å². The number of hydrogen-bond acceptors (Lipinski definition) is 4. The smallest absolute Gasteiger partial charge is 0.224 e. The van der Waals surface area contributed by atoms with E-state index in [1.165, 1.54) is 11.0 Å². The molecule has 0 saturated carbocycles. The van der Waals surface area contributed by atoms with E-state index in [4.69, 9.17) is 0 Å². The van der Waals surface area contributed by atoms with Crippen molar-refractivity contribution < 1.29 is 8.78 Å². The third kappa shape index (κ3) is 2.22. The molecule has 1 aromatic carbocycles. The van der Waals surface area contributed by atoms with Gasteiger partial charge in [-0.2, -0.15) is 4.98 Å². The van der Waals surface area contributed by atoms with Crippen LogP contribution in [0.4, 0.5) is 26.2 Å². The van der Waals surface area contributed by atoms with Gasteiger partial charge in [0.15, 0.2) is 11.6 Å². The van der Waals surface area contributed by atoms with Crippen molar-refractivity contribution in [2.24, 2.45) is 0 Å². The zero-order valence-electron chi connectivity index (χ0n) is 9.98. The van der Waals surface area contributed by atoms with Gasteiger partial charge in [0.25, 0.3) is 0 Å². The maximum atomic E-state index is 13.7. The summed E-state index contributed by atoms with van der Waals surface area (Å²) in [5.41, 5.74) is 0.247. The van der Waals surface area contributed by atoms with E-state index in [1.807, 2.05) is 0 Å². The van der Waals surface area contributed by atoms with Crippen LogP contribution in [0.3, 0.4) is 0 Å². The molecule has 1 N–H and O–H groups in total. The van der Waals surface area contributed by atoms with Crippen LogP contribution in [0, 0.1) is 11.6 Å². The van der Waals surface area contributed by atoms with Crippen LogP contribution in [0.1, 0.15) is 0 Å². The van der Waals surface area contributed by atoms with E-state index in [-0.39, 0.29) is 17.5 Å². The van der Waals surface area contributed by atoms with Crippen molar-refractivity contribution in [3.8, 4) is 0 Å². The number of anilines is 3. The number of nitrogens with zero attached hydrogens (tertiary/aromatic N) is 3. The summed E-state index contributed by atoms with van der Waals surface area (Å²) in [6.45, 7) is 0. The molecule has 4 nitrogen and oxygen atoms in total. The first-order chi connectivity index (χ1) is 8.63. The molecule has 2 aromatic rings. The summed E-state index contributed by atoms with van der Waals surface area (Å²) in [5, 5.41) is 2.71. The van der Waals surface area contributed by atoms with E-state index < -0.39 is 11.6 Å². The quantitative estimate of drug-likeness (QED) is 0.909. The predicted octanol–water partition coefficient (Wildman–Crippen LogP) is 2.56. The van der Waals surface area contributed by atoms with Crippen molar-refractivity contribution >= 4 is 17.5 Å². The molecule has 0 fully saturated rings. The SMILES string of the molecule is CNc1ncc(F)c(N(C)c2ccccc2F)n1. The molecule has 0 saturated heterocycles. The first kappa shape index (κ1) is 12.2. The summed E-state index contributed by atoms with van der Waals surface area (Å²) in [6, 6.07) is 6.11. The summed E-state index contributed by atoms with van der Waals surface area (Å²) >= 11 is 0. The second-order valence-corrected chi connectivity index (χ2v) is 3.63. The topological polar surface area (TPSA) is 41.1 Å². The van der Waals surface area contributed by atoms with Gasteiger partial charge in [0.05, 0.1) is 11.9 Å². The zero-order valence-corrected chi connectivity index (χ0v) is 9.98. The number of aromatic nitrogens is 2. The average Bonchev–Trinajstić information content (AvgIpc) is 2.39. The van der Waals surface area contributed by atoms with E-state index in [9.17, 15) is 8.78 Å². The van der Waals surface area contributed by atoms with Crippen molar-refractivity contribution in [3.63, 3.8) is 0 Å². The summed E-state index contributed by atoms with van der Waals surface area (Å²) < 4.78 is 27.3. The largest absolute Gasteiger partial charge is 0.357 e. The Balaban J connectivity index is 2.45. The fourth-order valence-corrected chi connectivity index (χ4v) is 1.55. The Bertz CT molecular complexity index is 560. The lowest BCUT2D eigenvalue weighted by atomic mass is 10.3. The molecule has 2 rings (SSSR count). The van der Waals surface area contributed by atoms with E-state index in [1.54, 1.807) is 32.3 Å². The van der Waals surface area contributed by atoms with E-state index in [0.29, 0.717) is 0 Å². The minimum atomic E-state index is -0.611. The maximum absolute atomic E-state index is 13.7. The number of hydrogen-bond donors (Lipinski definition) is 1. The molecule has 0 spiro atoms. The summed E-state index contributed by atoms with van der Waals surface area (Å²) in [7, 11) is 3.17. The summed E-state index contributed by atoms with van der Waals surface area (Å²) in [4.78, 5) is 9.05. The van der Waals surface area contributed by atoms with Crippen LogP contribution in [0.15, 0.2) is 30.5 Å². The van der Waals surface area contributed by atoms with Crippen LogP contribution in [0.5, 0.6) is 0 Å². The Morgan fingerprint density at radius 3 is 2.56 bits per heavy atom. The molecule has 18 heavy (non-hydrogen) atoms. The van der Waals surface area contributed by atoms with Crippen molar-refractivity contribution in [2.75, 3.05) is 24.3 Å². The van der Waals surface area contributed by atoms with Gasteiger partial charge in [-0.05, 0) is 12.1 Å². The van der Waals surface area contributed by atoms with Gasteiger partial charge < -0.3 is 10.2 Å².